The summed E-state index contributed by atoms with van der Waals surface area (Å²) in [5.41, 5.74) is 0. The first-order valence-corrected chi connectivity index (χ1v) is 1.28. The molecule has 0 saturated heterocycles. The van der Waals surface area contributed by atoms with E-state index in [1.807, 2.05) is 5.21 Å². The van der Waals surface area contributed by atoms with Crippen molar-refractivity contribution >= 4 is 0 Å². The summed E-state index contributed by atoms with van der Waals surface area (Å²) in [5.74, 6) is 0. The van der Waals surface area contributed by atoms with Crippen LogP contribution in [-0.4, -0.2) is 20.6 Å². The Morgan fingerprint density at radius 1 is 1.67 bits per heavy atom. The molecule has 0 saturated carbocycles. The Bertz CT molecular complexity index is 111. The van der Waals surface area contributed by atoms with E-state index < -0.39 is 6.08 Å². The Morgan fingerprint density at radius 2 is 2.50 bits per heavy atom. The van der Waals surface area contributed by atoms with Crippen molar-refractivity contribution in [1.29, 1.82) is 0 Å². The van der Waals surface area contributed by atoms with E-state index in [9.17, 15) is 4.39 Å². The molecule has 0 fully saturated rings. The first-order chi connectivity index (χ1) is 2.89. The Labute approximate surface area is 32.4 Å². The van der Waals surface area contributed by atoms with Crippen LogP contribution in [0.2, 0.25) is 0 Å². The lowest BCUT2D eigenvalue weighted by Gasteiger charge is -1.54. The fourth-order valence-corrected chi connectivity index (χ4v) is 0.150. The van der Waals surface area contributed by atoms with Crippen LogP contribution in [0.1, 0.15) is 0 Å². The third kappa shape index (κ3) is 0.333. The molecule has 4 nitrogen and oxygen atoms in total. The van der Waals surface area contributed by atoms with Crippen LogP contribution in [0, 0.1) is 6.08 Å². The van der Waals surface area contributed by atoms with Crippen molar-refractivity contribution in [2.45, 2.75) is 0 Å². The number of H-pyrrole nitrogens is 1. The second kappa shape index (κ2) is 1.00. The van der Waals surface area contributed by atoms with Crippen LogP contribution >= 0.6 is 0 Å². The summed E-state index contributed by atoms with van der Waals surface area (Å²) in [4.78, 5) is 0. The van der Waals surface area contributed by atoms with Crippen LogP contribution in [0.3, 0.4) is 0 Å². The Kier molecular flexibility index (Phi) is 0.533. The summed E-state index contributed by atoms with van der Waals surface area (Å²) >= 11 is 0. The van der Waals surface area contributed by atoms with Gasteiger partial charge in [0.1, 0.15) is 0 Å². The molecule has 0 aliphatic carbocycles. The normalized spacial score (nSPS) is 8.83. The summed E-state index contributed by atoms with van der Waals surface area (Å²) in [6.45, 7) is 0. The first-order valence-electron chi connectivity index (χ1n) is 1.28. The van der Waals surface area contributed by atoms with E-state index in [1.165, 1.54) is 0 Å². The summed E-state index contributed by atoms with van der Waals surface area (Å²) < 4.78 is 11.4. The molecule has 6 heavy (non-hydrogen) atoms. The van der Waals surface area contributed by atoms with E-state index in [0.717, 1.165) is 0 Å². The summed E-state index contributed by atoms with van der Waals surface area (Å²) in [7, 11) is 0. The number of rotatable bonds is 0. The molecule has 1 aromatic rings. The zero-order valence-corrected chi connectivity index (χ0v) is 2.72. The zero-order valence-electron chi connectivity index (χ0n) is 2.72. The maximum Gasteiger partial charge on any atom is 0.346 e. The van der Waals surface area contributed by atoms with Crippen molar-refractivity contribution in [2.75, 3.05) is 0 Å². The van der Waals surface area contributed by atoms with Gasteiger partial charge in [-0.3, -0.25) is 0 Å². The van der Waals surface area contributed by atoms with E-state index in [2.05, 4.69) is 15.4 Å². The molecule has 0 amide bonds. The molecular formula is CHFN4. The van der Waals surface area contributed by atoms with E-state index >= 15 is 0 Å². The van der Waals surface area contributed by atoms with Gasteiger partial charge in [-0.05, 0) is 5.21 Å². The predicted molar refractivity (Wildman–Crippen MR) is 14.1 cm³/mol. The second-order valence-corrected chi connectivity index (χ2v) is 0.681. The van der Waals surface area contributed by atoms with Crippen LogP contribution in [0.15, 0.2) is 0 Å². The van der Waals surface area contributed by atoms with Gasteiger partial charge in [-0.2, -0.15) is 9.60 Å². The molecule has 5 heteroatoms. The van der Waals surface area contributed by atoms with Crippen LogP contribution in [-0.2, 0) is 0 Å². The van der Waals surface area contributed by atoms with Gasteiger partial charge in [-0.1, -0.05) is 5.10 Å². The van der Waals surface area contributed by atoms with Crippen molar-refractivity contribution < 1.29 is 4.39 Å². The van der Waals surface area contributed by atoms with Crippen LogP contribution in [0.5, 0.6) is 0 Å². The molecule has 32 valence electrons. The van der Waals surface area contributed by atoms with E-state index in [1.54, 1.807) is 0 Å². The highest BCUT2D eigenvalue weighted by Gasteiger charge is 1.84. The zero-order chi connectivity index (χ0) is 4.41. The number of nitrogens with zero attached hydrogens (tertiary/aromatic N) is 3. The number of aromatic nitrogens is 4. The Balaban J connectivity index is 3.05. The highest BCUT2D eigenvalue weighted by molar-refractivity contribution is 4.37. The number of hydrogen-bond donors (Lipinski definition) is 1. The molecule has 0 unspecified atom stereocenters. The van der Waals surface area contributed by atoms with Crippen LogP contribution < -0.4 is 0 Å². The van der Waals surface area contributed by atoms with Gasteiger partial charge >= 0.3 is 6.08 Å². The van der Waals surface area contributed by atoms with Crippen LogP contribution in [0.4, 0.5) is 4.39 Å². The van der Waals surface area contributed by atoms with Gasteiger partial charge in [0.25, 0.3) is 0 Å². The standard InChI is InChI=1S/CHFN4/c2-1-3-5-6-4-1/h(H,3,4,5,6). The lowest BCUT2D eigenvalue weighted by Crippen LogP contribution is -1.71. The van der Waals surface area contributed by atoms with Crippen molar-refractivity contribution in [1.82, 2.24) is 20.6 Å². The molecule has 0 aromatic carbocycles. The number of nitrogens with one attached hydrogen (secondary N) is 1. The average Bonchev–Trinajstić information content (AvgIpc) is 1.86. The summed E-state index contributed by atoms with van der Waals surface area (Å²) in [5, 5.41) is 10.6. The molecule has 1 rings (SSSR count). The van der Waals surface area contributed by atoms with Crippen molar-refractivity contribution in [3.63, 3.8) is 0 Å². The SMILES string of the molecule is Fc1nn[nH]n1. The molecule has 0 aliphatic rings. The minimum absolute atomic E-state index is 0.824. The largest absolute Gasteiger partial charge is 0.346 e. The smallest absolute Gasteiger partial charge is 0.175 e. The fraction of sp³-hybridized carbons (Fsp3) is 0. The first kappa shape index (κ1) is 3.20. The molecule has 0 aliphatic heterocycles. The summed E-state index contributed by atoms with van der Waals surface area (Å²) in [6.07, 6.45) is -0.824. The minimum Gasteiger partial charge on any atom is -0.175 e. The number of halogens is 1. The second-order valence-electron chi connectivity index (χ2n) is 0.681. The fourth-order valence-electron chi connectivity index (χ4n) is 0.150. The number of hydrogen-bond acceptors (Lipinski definition) is 3. The topological polar surface area (TPSA) is 54.5 Å². The highest BCUT2D eigenvalue weighted by atomic mass is 19.1. The molecule has 0 radical (unpaired) electrons. The Hall–Kier alpha value is -1.00. The molecule has 0 bridgehead atoms. The van der Waals surface area contributed by atoms with E-state index in [0.29, 0.717) is 0 Å². The number of tetrazole rings is 1. The average molecular weight is 88.0 g/mol. The Morgan fingerprint density at radius 3 is 2.67 bits per heavy atom. The van der Waals surface area contributed by atoms with Gasteiger partial charge < -0.3 is 0 Å². The molecule has 0 spiro atoms. The van der Waals surface area contributed by atoms with Crippen LogP contribution in [0.25, 0.3) is 0 Å². The van der Waals surface area contributed by atoms with Gasteiger partial charge in [-0.15, -0.1) is 5.10 Å². The molecular weight excluding hydrogens is 87.0 g/mol. The predicted octanol–water partition coefficient (Wildman–Crippen LogP) is -0.661. The number of aromatic amines is 1. The molecule has 0 atom stereocenters. The van der Waals surface area contributed by atoms with Crippen molar-refractivity contribution in [2.24, 2.45) is 0 Å². The quantitative estimate of drug-likeness (QED) is 0.458. The third-order valence-corrected chi connectivity index (χ3v) is 0.319. The van der Waals surface area contributed by atoms with Gasteiger partial charge in [-0.25, -0.2) is 0 Å². The third-order valence-electron chi connectivity index (χ3n) is 0.319. The van der Waals surface area contributed by atoms with Gasteiger partial charge in [0.05, 0.1) is 0 Å². The van der Waals surface area contributed by atoms with Crippen molar-refractivity contribution in [3.05, 3.63) is 6.08 Å². The maximum atomic E-state index is 11.4. The monoisotopic (exact) mass is 88.0 g/mol. The van der Waals surface area contributed by atoms with Gasteiger partial charge in [0.15, 0.2) is 0 Å². The van der Waals surface area contributed by atoms with Gasteiger partial charge in [0, 0.05) is 0 Å². The van der Waals surface area contributed by atoms with E-state index in [-0.39, 0.29) is 0 Å². The summed E-state index contributed by atoms with van der Waals surface area (Å²) in [6, 6.07) is 0. The maximum absolute atomic E-state index is 11.4. The molecule has 1 heterocycles. The lowest BCUT2D eigenvalue weighted by molar-refractivity contribution is 0.541. The highest BCUT2D eigenvalue weighted by Crippen LogP contribution is 1.70. The molecule has 1 aromatic heterocycles. The van der Waals surface area contributed by atoms with Gasteiger partial charge in [0.2, 0.25) is 0 Å². The lowest BCUT2D eigenvalue weighted by atomic mass is 11.3. The van der Waals surface area contributed by atoms with Crippen molar-refractivity contribution in [3.8, 4) is 0 Å². The van der Waals surface area contributed by atoms with E-state index in [4.69, 9.17) is 0 Å². The minimum atomic E-state index is -0.824. The molecule has 1 N–H and O–H groups in total.